The molecule has 0 spiro atoms. The van der Waals surface area contributed by atoms with Gasteiger partial charge in [-0.3, -0.25) is 9.59 Å². The molecule has 2 saturated carbocycles. The van der Waals surface area contributed by atoms with Gasteiger partial charge in [-0.15, -0.1) is 0 Å². The number of rotatable bonds is 14. The number of esters is 1. The van der Waals surface area contributed by atoms with Crippen LogP contribution in [0.2, 0.25) is 0 Å². The van der Waals surface area contributed by atoms with Crippen molar-refractivity contribution < 1.29 is 14.3 Å². The van der Waals surface area contributed by atoms with Gasteiger partial charge in [0.1, 0.15) is 5.78 Å². The van der Waals surface area contributed by atoms with E-state index in [9.17, 15) is 9.59 Å². The molecular formula is C27H48O3. The molecule has 2 rings (SSSR count). The Balaban J connectivity index is 1.59. The Morgan fingerprint density at radius 1 is 0.833 bits per heavy atom. The highest BCUT2D eigenvalue weighted by molar-refractivity contribution is 5.82. The van der Waals surface area contributed by atoms with E-state index in [0.717, 1.165) is 44.9 Å². The monoisotopic (exact) mass is 420 g/mol. The summed E-state index contributed by atoms with van der Waals surface area (Å²) in [6, 6.07) is 0. The predicted molar refractivity (Wildman–Crippen MR) is 124 cm³/mol. The average Bonchev–Trinajstić information content (AvgIpc) is 2.77. The molecule has 0 aromatic heterocycles. The number of hydrogen-bond donors (Lipinski definition) is 0. The van der Waals surface area contributed by atoms with E-state index in [1.54, 1.807) is 0 Å². The van der Waals surface area contributed by atoms with Gasteiger partial charge >= 0.3 is 5.97 Å². The van der Waals surface area contributed by atoms with E-state index >= 15 is 0 Å². The van der Waals surface area contributed by atoms with Crippen LogP contribution in [0.5, 0.6) is 0 Å². The summed E-state index contributed by atoms with van der Waals surface area (Å²) < 4.78 is 5.58. The molecule has 0 bridgehead atoms. The van der Waals surface area contributed by atoms with Gasteiger partial charge in [0.15, 0.2) is 0 Å². The van der Waals surface area contributed by atoms with Crippen LogP contribution in [0, 0.1) is 17.3 Å². The summed E-state index contributed by atoms with van der Waals surface area (Å²) in [6.45, 7) is 5.17. The van der Waals surface area contributed by atoms with Gasteiger partial charge in [0, 0.05) is 12.3 Å². The van der Waals surface area contributed by atoms with E-state index in [4.69, 9.17) is 4.74 Å². The second-order valence-corrected chi connectivity index (χ2v) is 10.5. The smallest absolute Gasteiger partial charge is 0.308 e. The molecule has 0 aromatic carbocycles. The van der Waals surface area contributed by atoms with Crippen molar-refractivity contribution >= 4 is 11.8 Å². The molecule has 30 heavy (non-hydrogen) atoms. The molecule has 0 radical (unpaired) electrons. The molecule has 3 nitrogen and oxygen atoms in total. The maximum atomic E-state index is 12.8. The Bertz CT molecular complexity index is 492. The fourth-order valence-corrected chi connectivity index (χ4v) is 5.51. The molecule has 2 unspecified atom stereocenters. The van der Waals surface area contributed by atoms with Gasteiger partial charge in [0.05, 0.1) is 12.5 Å². The van der Waals surface area contributed by atoms with E-state index < -0.39 is 0 Å². The number of carbonyl (C=O) groups excluding carboxylic acids is 2. The lowest BCUT2D eigenvalue weighted by Gasteiger charge is -2.34. The van der Waals surface area contributed by atoms with Gasteiger partial charge < -0.3 is 4.74 Å². The van der Waals surface area contributed by atoms with Gasteiger partial charge in [-0.05, 0) is 50.4 Å². The maximum absolute atomic E-state index is 12.8. The van der Waals surface area contributed by atoms with Crippen LogP contribution in [0.4, 0.5) is 0 Å². The Hall–Kier alpha value is -0.860. The van der Waals surface area contributed by atoms with Crippen molar-refractivity contribution in [3.05, 3.63) is 0 Å². The summed E-state index contributed by atoms with van der Waals surface area (Å²) in [5, 5.41) is 0. The van der Waals surface area contributed by atoms with Crippen molar-refractivity contribution in [3.63, 3.8) is 0 Å². The molecule has 0 aromatic rings. The maximum Gasteiger partial charge on any atom is 0.308 e. The van der Waals surface area contributed by atoms with Crippen molar-refractivity contribution in [1.82, 2.24) is 0 Å². The summed E-state index contributed by atoms with van der Waals surface area (Å²) in [5.41, 5.74) is 0.372. The Morgan fingerprint density at radius 3 is 2.17 bits per heavy atom. The highest BCUT2D eigenvalue weighted by Crippen LogP contribution is 2.40. The summed E-state index contributed by atoms with van der Waals surface area (Å²) in [6.07, 6.45) is 21.9. The van der Waals surface area contributed by atoms with Crippen molar-refractivity contribution in [3.8, 4) is 0 Å². The first-order chi connectivity index (χ1) is 14.5. The molecule has 2 atom stereocenters. The van der Waals surface area contributed by atoms with Gasteiger partial charge in [-0.1, -0.05) is 84.5 Å². The van der Waals surface area contributed by atoms with Crippen molar-refractivity contribution in [2.24, 2.45) is 17.3 Å². The summed E-state index contributed by atoms with van der Waals surface area (Å²) >= 11 is 0. The molecule has 0 heterocycles. The van der Waals surface area contributed by atoms with Gasteiger partial charge in [0.2, 0.25) is 0 Å². The van der Waals surface area contributed by atoms with Crippen LogP contribution < -0.4 is 0 Å². The Morgan fingerprint density at radius 2 is 1.47 bits per heavy atom. The number of unbranched alkanes of at least 4 members (excludes halogenated alkanes) is 7. The minimum absolute atomic E-state index is 0.0466. The first-order valence-electron chi connectivity index (χ1n) is 13.2. The summed E-state index contributed by atoms with van der Waals surface area (Å²) in [7, 11) is 0. The average molecular weight is 421 g/mol. The first kappa shape index (κ1) is 25.4. The second-order valence-electron chi connectivity index (χ2n) is 10.5. The van der Waals surface area contributed by atoms with Crippen LogP contribution in [-0.4, -0.2) is 18.4 Å². The molecule has 0 amide bonds. The third-order valence-electron chi connectivity index (χ3n) is 7.74. The third-order valence-corrected chi connectivity index (χ3v) is 7.74. The van der Waals surface area contributed by atoms with Crippen LogP contribution in [0.1, 0.15) is 136 Å². The standard InChI is InChI=1S/C27H48O3/c1-3-4-5-6-7-8-9-13-21-30-26(29)24-16-14-15-23(22-24)25(28)17-20-27(2)18-11-10-12-19-27/h23-24H,3-22H2,1-2H3. The quantitative estimate of drug-likeness (QED) is 0.213. The number of ether oxygens (including phenoxy) is 1. The zero-order valence-electron chi connectivity index (χ0n) is 20.0. The minimum atomic E-state index is -0.0491. The number of carbonyl (C=O) groups is 2. The lowest BCUT2D eigenvalue weighted by Crippen LogP contribution is -2.30. The zero-order chi connectivity index (χ0) is 21.7. The molecule has 174 valence electrons. The fourth-order valence-electron chi connectivity index (χ4n) is 5.51. The molecule has 0 N–H and O–H groups in total. The molecule has 0 saturated heterocycles. The number of ketones is 1. The van der Waals surface area contributed by atoms with Crippen molar-refractivity contribution in [2.45, 2.75) is 136 Å². The van der Waals surface area contributed by atoms with E-state index in [0.29, 0.717) is 24.2 Å². The molecule has 2 aliphatic rings. The Labute approximate surface area is 186 Å². The molecular weight excluding hydrogens is 372 g/mol. The van der Waals surface area contributed by atoms with Crippen LogP contribution in [0.3, 0.4) is 0 Å². The highest BCUT2D eigenvalue weighted by atomic mass is 16.5. The fraction of sp³-hybridized carbons (Fsp3) is 0.926. The van der Waals surface area contributed by atoms with Gasteiger partial charge in [-0.25, -0.2) is 0 Å². The summed E-state index contributed by atoms with van der Waals surface area (Å²) in [4.78, 5) is 25.3. The predicted octanol–water partition coefficient (Wildman–Crippen LogP) is 7.80. The second kappa shape index (κ2) is 14.2. The Kier molecular flexibility index (Phi) is 12.1. The highest BCUT2D eigenvalue weighted by Gasteiger charge is 2.33. The topological polar surface area (TPSA) is 43.4 Å². The van der Waals surface area contributed by atoms with Crippen LogP contribution in [-0.2, 0) is 14.3 Å². The zero-order valence-corrected chi connectivity index (χ0v) is 20.0. The van der Waals surface area contributed by atoms with Gasteiger partial charge in [-0.2, -0.15) is 0 Å². The van der Waals surface area contributed by atoms with Crippen molar-refractivity contribution in [2.75, 3.05) is 6.61 Å². The van der Waals surface area contributed by atoms with E-state index in [1.165, 1.54) is 70.6 Å². The van der Waals surface area contributed by atoms with Gasteiger partial charge in [0.25, 0.3) is 0 Å². The molecule has 0 aliphatic heterocycles. The normalized spacial score (nSPS) is 23.8. The number of Topliss-reactive ketones (excluding diaryl/α,β-unsaturated/α-hetero) is 1. The SMILES string of the molecule is CCCCCCCCCCOC(=O)C1CCCC(C(=O)CCC2(C)CCCCC2)C1. The number of hydrogen-bond acceptors (Lipinski definition) is 3. The third kappa shape index (κ3) is 9.52. The molecule has 2 aliphatic carbocycles. The lowest BCUT2D eigenvalue weighted by atomic mass is 9.71. The largest absolute Gasteiger partial charge is 0.465 e. The van der Waals surface area contributed by atoms with E-state index in [-0.39, 0.29) is 17.8 Å². The van der Waals surface area contributed by atoms with E-state index in [2.05, 4.69) is 13.8 Å². The molecule has 3 heteroatoms. The summed E-state index contributed by atoms with van der Waals surface area (Å²) in [5.74, 6) is 0.399. The molecule has 2 fully saturated rings. The van der Waals surface area contributed by atoms with Crippen LogP contribution in [0.15, 0.2) is 0 Å². The lowest BCUT2D eigenvalue weighted by molar-refractivity contribution is -0.150. The minimum Gasteiger partial charge on any atom is -0.465 e. The van der Waals surface area contributed by atoms with Crippen LogP contribution in [0.25, 0.3) is 0 Å². The van der Waals surface area contributed by atoms with E-state index in [1.807, 2.05) is 0 Å². The first-order valence-corrected chi connectivity index (χ1v) is 13.2. The van der Waals surface area contributed by atoms with Crippen LogP contribution >= 0.6 is 0 Å². The van der Waals surface area contributed by atoms with Crippen molar-refractivity contribution in [1.29, 1.82) is 0 Å².